The molecule has 42 heavy (non-hydrogen) atoms. The van der Waals surface area contributed by atoms with Crippen LogP contribution in [0.3, 0.4) is 0 Å². The number of hydrogen-bond donors (Lipinski definition) is 0. The largest absolute Gasteiger partial charge is 0.259 e. The van der Waals surface area contributed by atoms with Gasteiger partial charge >= 0.3 is 0 Å². The molecule has 4 heteroatoms. The predicted octanol–water partition coefficient (Wildman–Crippen LogP) is 9.87. The summed E-state index contributed by atoms with van der Waals surface area (Å²) >= 11 is 0. The molecule has 7 aromatic rings. The van der Waals surface area contributed by atoms with Crippen LogP contribution in [-0.2, 0) is 0 Å². The molecule has 0 aliphatic carbocycles. The second-order valence-electron chi connectivity index (χ2n) is 10.1. The van der Waals surface area contributed by atoms with E-state index in [0.717, 1.165) is 66.3 Å². The summed E-state index contributed by atoms with van der Waals surface area (Å²) in [5.41, 5.74) is 9.14. The van der Waals surface area contributed by atoms with Gasteiger partial charge in [0, 0.05) is 18.0 Å². The molecule has 0 bridgehead atoms. The molecule has 0 spiro atoms. The van der Waals surface area contributed by atoms with Gasteiger partial charge in [-0.05, 0) is 85.8 Å². The Hall–Kier alpha value is -6.10. The fraction of sp³-hybridized carbons (Fsp3) is 0. The second-order valence-corrected chi connectivity index (χ2v) is 10.1. The van der Waals surface area contributed by atoms with Crippen molar-refractivity contribution >= 4 is 27.2 Å². The summed E-state index contributed by atoms with van der Waals surface area (Å²) in [7, 11) is 0. The number of rotatable bonds is 4. The van der Waals surface area contributed by atoms with Crippen LogP contribution >= 0.6 is 0 Å². The average molecular weight is 535 g/mol. The van der Waals surface area contributed by atoms with E-state index in [-0.39, 0.29) is 0 Å². The smallest absolute Gasteiger partial charge is 0.190 e. The van der Waals surface area contributed by atoms with E-state index in [1.807, 2.05) is 24.3 Å². The molecule has 0 atom stereocenters. The first-order chi connectivity index (χ1) is 20.7. The highest BCUT2D eigenvalue weighted by molar-refractivity contribution is 6.21. The first-order valence-corrected chi connectivity index (χ1v) is 13.6. The number of pyridine rings is 2. The van der Waals surface area contributed by atoms with Crippen molar-refractivity contribution in [1.82, 2.24) is 9.97 Å². The van der Waals surface area contributed by atoms with Crippen molar-refractivity contribution in [2.24, 2.45) is 0 Å². The van der Waals surface area contributed by atoms with E-state index in [1.54, 1.807) is 24.5 Å². The minimum atomic E-state index is 0.572. The van der Waals surface area contributed by atoms with Crippen LogP contribution in [0.2, 0.25) is 0 Å². The second kappa shape index (κ2) is 10.5. The van der Waals surface area contributed by atoms with Gasteiger partial charge in [-0.3, -0.25) is 9.97 Å². The normalized spacial score (nSPS) is 10.8. The van der Waals surface area contributed by atoms with Crippen molar-refractivity contribution < 1.29 is 0 Å². The third-order valence-corrected chi connectivity index (χ3v) is 7.59. The van der Waals surface area contributed by atoms with Crippen LogP contribution in [-0.4, -0.2) is 9.97 Å². The van der Waals surface area contributed by atoms with Gasteiger partial charge in [0.1, 0.15) is 0 Å². The molecule has 0 fully saturated rings. The zero-order valence-electron chi connectivity index (χ0n) is 22.5. The highest BCUT2D eigenvalue weighted by atomic mass is 14.7. The van der Waals surface area contributed by atoms with E-state index in [0.29, 0.717) is 11.3 Å². The molecule has 0 aliphatic rings. The highest BCUT2D eigenvalue weighted by Crippen LogP contribution is 2.44. The molecule has 0 unspecified atom stereocenters. The predicted molar refractivity (Wildman–Crippen MR) is 170 cm³/mol. The third kappa shape index (κ3) is 4.34. The maximum Gasteiger partial charge on any atom is 0.190 e. The molecule has 194 valence electrons. The zero-order chi connectivity index (χ0) is 28.5. The minimum absolute atomic E-state index is 0.572. The quantitative estimate of drug-likeness (QED) is 0.167. The lowest BCUT2D eigenvalue weighted by molar-refractivity contribution is 1.31. The Bertz CT molecular complexity index is 2020. The number of nitriles is 1. The molecule has 2 aromatic heterocycles. The van der Waals surface area contributed by atoms with E-state index in [4.69, 9.17) is 6.57 Å². The Morgan fingerprint density at radius 3 is 1.50 bits per heavy atom. The molecule has 0 N–H and O–H groups in total. The van der Waals surface area contributed by atoms with Crippen molar-refractivity contribution in [2.45, 2.75) is 0 Å². The third-order valence-electron chi connectivity index (χ3n) is 7.59. The molecule has 5 aromatic carbocycles. The van der Waals surface area contributed by atoms with Crippen LogP contribution in [0.1, 0.15) is 5.56 Å². The van der Waals surface area contributed by atoms with Crippen LogP contribution in [0, 0.1) is 17.9 Å². The lowest BCUT2D eigenvalue weighted by atomic mass is 9.85. The Balaban J connectivity index is 1.47. The van der Waals surface area contributed by atoms with Gasteiger partial charge in [0.25, 0.3) is 0 Å². The maximum atomic E-state index is 9.41. The summed E-state index contributed by atoms with van der Waals surface area (Å²) < 4.78 is 0. The van der Waals surface area contributed by atoms with Gasteiger partial charge in [0.15, 0.2) is 5.69 Å². The van der Waals surface area contributed by atoms with E-state index in [1.165, 1.54) is 0 Å². The number of benzene rings is 5. The number of aromatic nitrogens is 2. The SMILES string of the molecule is [C-]#[N+]c1ccnc(-c2cccc(-c3c4ccccc4c(-c4cccc(-c5cc(C#N)ccn5)c4)c4ccccc34)c2)c1. The number of fused-ring (bicyclic) bond motifs is 2. The van der Waals surface area contributed by atoms with E-state index < -0.39 is 0 Å². The molecule has 7 rings (SSSR count). The molecular formula is C38H22N4. The molecule has 0 saturated carbocycles. The average Bonchev–Trinajstić information content (AvgIpc) is 3.07. The zero-order valence-corrected chi connectivity index (χ0v) is 22.5. The maximum absolute atomic E-state index is 9.41. The summed E-state index contributed by atoms with van der Waals surface area (Å²) in [6.07, 6.45) is 3.37. The monoisotopic (exact) mass is 534 g/mol. The van der Waals surface area contributed by atoms with Crippen molar-refractivity contribution in [1.29, 1.82) is 5.26 Å². The number of nitrogens with zero attached hydrogens (tertiary/aromatic N) is 4. The van der Waals surface area contributed by atoms with Crippen molar-refractivity contribution in [3.63, 3.8) is 0 Å². The molecule has 2 heterocycles. The lowest BCUT2D eigenvalue weighted by Gasteiger charge is -2.18. The summed E-state index contributed by atoms with van der Waals surface area (Å²) in [4.78, 5) is 12.7. The fourth-order valence-corrected chi connectivity index (χ4v) is 5.72. The van der Waals surface area contributed by atoms with Crippen molar-refractivity contribution in [3.8, 4) is 50.8 Å². The van der Waals surface area contributed by atoms with Gasteiger partial charge in [0.2, 0.25) is 0 Å². The molecule has 0 amide bonds. The summed E-state index contributed by atoms with van der Waals surface area (Å²) in [5.74, 6) is 0. The highest BCUT2D eigenvalue weighted by Gasteiger charge is 2.17. The fourth-order valence-electron chi connectivity index (χ4n) is 5.72. The topological polar surface area (TPSA) is 53.9 Å². The molecule has 0 radical (unpaired) electrons. The number of hydrogen-bond acceptors (Lipinski definition) is 3. The first kappa shape index (κ1) is 24.9. The van der Waals surface area contributed by atoms with Gasteiger partial charge < -0.3 is 0 Å². The van der Waals surface area contributed by atoms with Crippen LogP contribution in [0.15, 0.2) is 134 Å². The summed E-state index contributed by atoms with van der Waals surface area (Å²) in [6, 6.07) is 43.2. The molecule has 0 saturated heterocycles. The Kier molecular flexibility index (Phi) is 6.21. The molecular weight excluding hydrogens is 512 g/mol. The Morgan fingerprint density at radius 1 is 0.524 bits per heavy atom. The van der Waals surface area contributed by atoms with Gasteiger partial charge in [-0.2, -0.15) is 5.26 Å². The van der Waals surface area contributed by atoms with Gasteiger partial charge in [-0.15, -0.1) is 0 Å². The summed E-state index contributed by atoms with van der Waals surface area (Å²) in [6.45, 7) is 7.41. The van der Waals surface area contributed by atoms with E-state index in [2.05, 4.69) is 106 Å². The van der Waals surface area contributed by atoms with Crippen LogP contribution in [0.4, 0.5) is 5.69 Å². The first-order valence-electron chi connectivity index (χ1n) is 13.6. The van der Waals surface area contributed by atoms with Crippen LogP contribution in [0.25, 0.3) is 71.2 Å². The van der Waals surface area contributed by atoms with Gasteiger partial charge in [0.05, 0.1) is 29.6 Å². The van der Waals surface area contributed by atoms with Gasteiger partial charge in [-0.25, -0.2) is 4.85 Å². The molecule has 4 nitrogen and oxygen atoms in total. The van der Waals surface area contributed by atoms with Gasteiger partial charge in [-0.1, -0.05) is 84.9 Å². The van der Waals surface area contributed by atoms with Crippen molar-refractivity contribution in [2.75, 3.05) is 0 Å². The van der Waals surface area contributed by atoms with Crippen LogP contribution < -0.4 is 0 Å². The van der Waals surface area contributed by atoms with E-state index >= 15 is 0 Å². The standard InChI is InChI=1S/C38H22N4/c1-40-30-17-19-42-36(23-30)27-9-7-11-29(22-27)38-33-14-4-2-12-31(33)37(32-13-3-5-15-34(32)38)28-10-6-8-26(21-28)35-20-25(24-39)16-18-41-35/h2-23H. The molecule has 0 aliphatic heterocycles. The lowest BCUT2D eigenvalue weighted by Crippen LogP contribution is -1.92. The van der Waals surface area contributed by atoms with Crippen molar-refractivity contribution in [3.05, 3.63) is 151 Å². The van der Waals surface area contributed by atoms with Crippen LogP contribution in [0.5, 0.6) is 0 Å². The Morgan fingerprint density at radius 2 is 1.00 bits per heavy atom. The summed E-state index contributed by atoms with van der Waals surface area (Å²) in [5, 5.41) is 14.0. The van der Waals surface area contributed by atoms with E-state index in [9.17, 15) is 5.26 Å². The Labute approximate surface area is 243 Å². The minimum Gasteiger partial charge on any atom is -0.259 e.